The fourth-order valence-corrected chi connectivity index (χ4v) is 4.95. The molecule has 1 heterocycles. The Balaban J connectivity index is 1.71. The van der Waals surface area contributed by atoms with E-state index in [1.54, 1.807) is 0 Å². The van der Waals surface area contributed by atoms with E-state index in [9.17, 15) is 5.11 Å². The summed E-state index contributed by atoms with van der Waals surface area (Å²) < 4.78 is 0. The number of aliphatic hydroxyl groups is 1. The fraction of sp³-hybridized carbons (Fsp3) is 0.500. The minimum atomic E-state index is -0.104. The third kappa shape index (κ3) is 4.04. The van der Waals surface area contributed by atoms with Crippen LogP contribution in [-0.2, 0) is 0 Å². The molecule has 0 bridgehead atoms. The average Bonchev–Trinajstić information content (AvgIpc) is 2.72. The van der Waals surface area contributed by atoms with Crippen molar-refractivity contribution < 1.29 is 5.11 Å². The summed E-state index contributed by atoms with van der Waals surface area (Å²) in [7, 11) is 0. The second-order valence-electron chi connectivity index (χ2n) is 8.17. The Bertz CT molecular complexity index is 731. The van der Waals surface area contributed by atoms with Crippen LogP contribution in [0.15, 0.2) is 48.5 Å². The van der Waals surface area contributed by atoms with Crippen molar-refractivity contribution in [3.63, 3.8) is 0 Å². The van der Waals surface area contributed by atoms with Gasteiger partial charge < -0.3 is 15.3 Å². The number of hydrogen-bond acceptors (Lipinski definition) is 3. The van der Waals surface area contributed by atoms with Crippen LogP contribution < -0.4 is 10.2 Å². The zero-order valence-corrected chi connectivity index (χ0v) is 16.4. The molecule has 3 heteroatoms. The van der Waals surface area contributed by atoms with Crippen LogP contribution in [0.5, 0.6) is 0 Å². The minimum absolute atomic E-state index is 0.104. The molecule has 0 amide bonds. The third-order valence-corrected chi connectivity index (χ3v) is 6.43. The predicted molar refractivity (Wildman–Crippen MR) is 113 cm³/mol. The first-order valence-electron chi connectivity index (χ1n) is 10.6. The molecule has 0 atom stereocenters. The molecule has 1 saturated carbocycles. The molecule has 3 nitrogen and oxygen atoms in total. The molecule has 1 aliphatic heterocycles. The monoisotopic (exact) mass is 364 g/mol. The van der Waals surface area contributed by atoms with Crippen molar-refractivity contribution in [3.05, 3.63) is 54.1 Å². The third-order valence-electron chi connectivity index (χ3n) is 6.43. The van der Waals surface area contributed by atoms with Crippen LogP contribution in [0, 0.1) is 6.92 Å². The lowest BCUT2D eigenvalue weighted by atomic mass is 9.88. The Morgan fingerprint density at radius 2 is 1.48 bits per heavy atom. The maximum atomic E-state index is 10.0. The zero-order valence-electron chi connectivity index (χ0n) is 16.4. The highest BCUT2D eigenvalue weighted by Gasteiger charge is 2.32. The molecule has 2 aliphatic rings. The summed E-state index contributed by atoms with van der Waals surface area (Å²) in [6.45, 7) is 4.49. The Morgan fingerprint density at radius 1 is 0.815 bits per heavy atom. The summed E-state index contributed by atoms with van der Waals surface area (Å²) in [6.07, 6.45) is 6.36. The first kappa shape index (κ1) is 18.5. The molecule has 1 saturated heterocycles. The Hall–Kier alpha value is -1.84. The first-order valence-corrected chi connectivity index (χ1v) is 10.6. The van der Waals surface area contributed by atoms with Gasteiger partial charge in [0.2, 0.25) is 0 Å². The van der Waals surface area contributed by atoms with Crippen molar-refractivity contribution in [2.75, 3.05) is 18.0 Å². The topological polar surface area (TPSA) is 35.5 Å². The van der Waals surface area contributed by atoms with Crippen LogP contribution in [0.25, 0.3) is 11.1 Å². The van der Waals surface area contributed by atoms with Gasteiger partial charge in [-0.2, -0.15) is 0 Å². The van der Waals surface area contributed by atoms with E-state index in [0.717, 1.165) is 38.8 Å². The summed E-state index contributed by atoms with van der Waals surface area (Å²) in [5.74, 6) is 0. The molecule has 0 unspecified atom stereocenters. The van der Waals surface area contributed by atoms with Crippen molar-refractivity contribution in [2.45, 2.75) is 63.6 Å². The number of hydrogen-bond donors (Lipinski definition) is 2. The lowest BCUT2D eigenvalue weighted by Gasteiger charge is -2.45. The molecule has 0 spiro atoms. The Kier molecular flexibility index (Phi) is 5.80. The van der Waals surface area contributed by atoms with Crippen LogP contribution in [-0.4, -0.2) is 36.4 Å². The molecule has 2 fully saturated rings. The number of rotatable bonds is 4. The molecular formula is C24H32N2O. The Labute approximate surface area is 163 Å². The van der Waals surface area contributed by atoms with E-state index < -0.39 is 0 Å². The number of nitrogens with one attached hydrogen (secondary N) is 1. The zero-order chi connectivity index (χ0) is 18.6. The van der Waals surface area contributed by atoms with Crippen LogP contribution in [0.2, 0.25) is 0 Å². The van der Waals surface area contributed by atoms with Gasteiger partial charge in [-0.05, 0) is 81.3 Å². The van der Waals surface area contributed by atoms with Crippen LogP contribution >= 0.6 is 0 Å². The van der Waals surface area contributed by atoms with Gasteiger partial charge in [-0.15, -0.1) is 0 Å². The normalized spacial score (nSPS) is 23.9. The van der Waals surface area contributed by atoms with Gasteiger partial charge in [-0.3, -0.25) is 0 Å². The van der Waals surface area contributed by atoms with Crippen LogP contribution in [0.3, 0.4) is 0 Å². The highest BCUT2D eigenvalue weighted by atomic mass is 16.3. The second-order valence-corrected chi connectivity index (χ2v) is 8.17. The maximum absolute atomic E-state index is 10.0. The van der Waals surface area contributed by atoms with Gasteiger partial charge in [-0.1, -0.05) is 42.5 Å². The summed E-state index contributed by atoms with van der Waals surface area (Å²) >= 11 is 0. The number of piperidine rings is 1. The van der Waals surface area contributed by atoms with Gasteiger partial charge in [0.15, 0.2) is 0 Å². The van der Waals surface area contributed by atoms with Crippen molar-refractivity contribution >= 4 is 5.69 Å². The van der Waals surface area contributed by atoms with E-state index >= 15 is 0 Å². The van der Waals surface area contributed by atoms with Crippen molar-refractivity contribution in [1.29, 1.82) is 0 Å². The molecule has 144 valence electrons. The number of aliphatic hydroxyl groups excluding tert-OH is 1. The molecule has 0 aromatic heterocycles. The second kappa shape index (κ2) is 8.45. The van der Waals surface area contributed by atoms with Crippen molar-refractivity contribution in [2.24, 2.45) is 0 Å². The standard InChI is InChI=1S/C24H32N2O/c1-18-23(19-6-3-2-4-7-19)8-5-9-24(18)26(21-14-16-25-17-15-21)20-10-12-22(27)13-11-20/h2-9,20-22,25,27H,10-17H2,1H3/t20-,22-. The molecule has 0 radical (unpaired) electrons. The van der Waals surface area contributed by atoms with Gasteiger partial charge in [-0.25, -0.2) is 0 Å². The van der Waals surface area contributed by atoms with Crippen LogP contribution in [0.4, 0.5) is 5.69 Å². The summed E-state index contributed by atoms with van der Waals surface area (Å²) in [6, 6.07) is 18.7. The van der Waals surface area contributed by atoms with E-state index in [0.29, 0.717) is 12.1 Å². The maximum Gasteiger partial charge on any atom is 0.0541 e. The number of anilines is 1. The summed E-state index contributed by atoms with van der Waals surface area (Å²) in [5.41, 5.74) is 5.40. The molecule has 4 rings (SSSR count). The van der Waals surface area contributed by atoms with E-state index in [1.807, 2.05) is 0 Å². The van der Waals surface area contributed by atoms with E-state index in [4.69, 9.17) is 0 Å². The fourth-order valence-electron chi connectivity index (χ4n) is 4.95. The highest BCUT2D eigenvalue weighted by molar-refractivity contribution is 5.74. The molecule has 2 aromatic rings. The van der Waals surface area contributed by atoms with Gasteiger partial charge in [0.1, 0.15) is 0 Å². The quantitative estimate of drug-likeness (QED) is 0.837. The van der Waals surface area contributed by atoms with Crippen molar-refractivity contribution in [1.82, 2.24) is 5.32 Å². The lowest BCUT2D eigenvalue weighted by Crippen LogP contribution is -2.50. The molecular weight excluding hydrogens is 332 g/mol. The van der Waals surface area contributed by atoms with Gasteiger partial charge in [0.25, 0.3) is 0 Å². The Morgan fingerprint density at radius 3 is 2.19 bits per heavy atom. The molecule has 1 aliphatic carbocycles. The molecule has 2 N–H and O–H groups in total. The molecule has 2 aromatic carbocycles. The summed E-state index contributed by atoms with van der Waals surface area (Å²) in [4.78, 5) is 2.73. The van der Waals surface area contributed by atoms with Gasteiger partial charge >= 0.3 is 0 Å². The van der Waals surface area contributed by atoms with E-state index in [1.165, 1.54) is 35.2 Å². The van der Waals surface area contributed by atoms with Gasteiger partial charge in [0, 0.05) is 17.8 Å². The number of nitrogens with zero attached hydrogens (tertiary/aromatic N) is 1. The summed E-state index contributed by atoms with van der Waals surface area (Å²) in [5, 5.41) is 13.5. The SMILES string of the molecule is Cc1c(-c2ccccc2)cccc1N(C1CCNCC1)[C@H]1CC[C@H](O)CC1. The minimum Gasteiger partial charge on any atom is -0.393 e. The predicted octanol–water partition coefficient (Wildman–Crippen LogP) is 4.52. The first-order chi connectivity index (χ1) is 13.2. The van der Waals surface area contributed by atoms with E-state index in [2.05, 4.69) is 65.7 Å². The highest BCUT2D eigenvalue weighted by Crippen LogP contribution is 2.37. The van der Waals surface area contributed by atoms with Gasteiger partial charge in [0.05, 0.1) is 6.10 Å². The van der Waals surface area contributed by atoms with Crippen LogP contribution in [0.1, 0.15) is 44.1 Å². The van der Waals surface area contributed by atoms with E-state index in [-0.39, 0.29) is 6.10 Å². The number of benzene rings is 2. The van der Waals surface area contributed by atoms with Crippen molar-refractivity contribution in [3.8, 4) is 11.1 Å². The smallest absolute Gasteiger partial charge is 0.0541 e. The molecule has 27 heavy (non-hydrogen) atoms. The largest absolute Gasteiger partial charge is 0.393 e. The average molecular weight is 365 g/mol. The lowest BCUT2D eigenvalue weighted by molar-refractivity contribution is 0.119.